The number of pyridine rings is 2. The van der Waals surface area contributed by atoms with Gasteiger partial charge in [-0.15, -0.1) is 0 Å². The Hall–Kier alpha value is -4.25. The zero-order valence-electron chi connectivity index (χ0n) is 17.0. The van der Waals surface area contributed by atoms with Crippen LogP contribution < -0.4 is 4.74 Å². The van der Waals surface area contributed by atoms with Gasteiger partial charge in [-0.3, -0.25) is 9.78 Å². The number of nitrogens with zero attached hydrogens (tertiary/aromatic N) is 4. The number of imidazole rings is 1. The summed E-state index contributed by atoms with van der Waals surface area (Å²) in [5.41, 5.74) is 3.51. The number of rotatable bonds is 6. The van der Waals surface area contributed by atoms with Gasteiger partial charge < -0.3 is 14.8 Å². The molecule has 0 atom stereocenters. The number of aromatic nitrogens is 4. The van der Waals surface area contributed by atoms with Crippen LogP contribution in [0.4, 0.5) is 0 Å². The molecule has 0 saturated heterocycles. The lowest BCUT2D eigenvalue weighted by molar-refractivity contribution is -0.148. The minimum Gasteiger partial charge on any atom is -0.481 e. The van der Waals surface area contributed by atoms with E-state index in [-0.39, 0.29) is 6.61 Å². The standard InChI is InChI=1S/C23H19N5O3/c1-23(2,22(29)30)13-31-20-8-5-15(11-26-20)17-7-4-16(12-25-17)21-27-18-6-3-14(10-24)9-19(18)28-21/h3-9,11-12H,13H2,1-2H3,(H,27,28)(H,29,30). The number of nitrogens with one attached hydrogen (secondary N) is 1. The zero-order chi connectivity index (χ0) is 22.0. The Bertz CT molecular complexity index is 1290. The highest BCUT2D eigenvalue weighted by Crippen LogP contribution is 2.24. The summed E-state index contributed by atoms with van der Waals surface area (Å²) >= 11 is 0. The van der Waals surface area contributed by atoms with Crippen molar-refractivity contribution < 1.29 is 14.6 Å². The largest absolute Gasteiger partial charge is 0.481 e. The fraction of sp³-hybridized carbons (Fsp3) is 0.174. The van der Waals surface area contributed by atoms with E-state index in [4.69, 9.17) is 15.1 Å². The maximum atomic E-state index is 11.2. The van der Waals surface area contributed by atoms with E-state index in [1.165, 1.54) is 0 Å². The molecule has 3 heterocycles. The van der Waals surface area contributed by atoms with Gasteiger partial charge in [0.25, 0.3) is 0 Å². The molecule has 0 unspecified atom stereocenters. The van der Waals surface area contributed by atoms with E-state index >= 15 is 0 Å². The highest BCUT2D eigenvalue weighted by Gasteiger charge is 2.28. The predicted octanol–water partition coefficient (Wildman–Crippen LogP) is 4.05. The Kier molecular flexibility index (Phi) is 5.09. The third-order valence-corrected chi connectivity index (χ3v) is 4.84. The molecule has 0 amide bonds. The number of benzene rings is 1. The van der Waals surface area contributed by atoms with Gasteiger partial charge in [-0.05, 0) is 50.2 Å². The number of hydrogen-bond acceptors (Lipinski definition) is 6. The molecular weight excluding hydrogens is 394 g/mol. The first-order valence-electron chi connectivity index (χ1n) is 9.55. The molecule has 3 aromatic heterocycles. The first kappa shape index (κ1) is 20.0. The highest BCUT2D eigenvalue weighted by atomic mass is 16.5. The minimum atomic E-state index is -0.995. The van der Waals surface area contributed by atoms with Crippen LogP contribution in [0, 0.1) is 16.7 Å². The van der Waals surface area contributed by atoms with Crippen LogP contribution in [-0.4, -0.2) is 37.6 Å². The lowest BCUT2D eigenvalue weighted by Crippen LogP contribution is -2.30. The van der Waals surface area contributed by atoms with Gasteiger partial charge in [0, 0.05) is 29.6 Å². The summed E-state index contributed by atoms with van der Waals surface area (Å²) in [4.78, 5) is 27.7. The quantitative estimate of drug-likeness (QED) is 0.488. The van der Waals surface area contributed by atoms with Gasteiger partial charge in [-0.25, -0.2) is 9.97 Å². The SMILES string of the molecule is CC(C)(COc1ccc(-c2ccc(-c3nc4ccc(C#N)cc4[nH]3)cn2)cn1)C(=O)O. The van der Waals surface area contributed by atoms with E-state index in [1.807, 2.05) is 24.3 Å². The summed E-state index contributed by atoms with van der Waals surface area (Å²) in [6, 6.07) is 14.7. The lowest BCUT2D eigenvalue weighted by Gasteiger charge is -2.18. The summed E-state index contributed by atoms with van der Waals surface area (Å²) in [5, 5.41) is 18.2. The number of aliphatic carboxylic acids is 1. The summed E-state index contributed by atoms with van der Waals surface area (Å²) in [7, 11) is 0. The Morgan fingerprint density at radius 2 is 1.90 bits per heavy atom. The fourth-order valence-corrected chi connectivity index (χ4v) is 2.85. The summed E-state index contributed by atoms with van der Waals surface area (Å²) in [6.45, 7) is 3.22. The van der Waals surface area contributed by atoms with Crippen LogP contribution in [0.15, 0.2) is 54.9 Å². The molecule has 1 aromatic carbocycles. The number of ether oxygens (including phenoxy) is 1. The van der Waals surface area contributed by atoms with E-state index < -0.39 is 11.4 Å². The van der Waals surface area contributed by atoms with Gasteiger partial charge in [0.2, 0.25) is 5.88 Å². The minimum absolute atomic E-state index is 0.0228. The molecule has 0 saturated carbocycles. The van der Waals surface area contributed by atoms with Gasteiger partial charge >= 0.3 is 5.97 Å². The Balaban J connectivity index is 1.49. The van der Waals surface area contributed by atoms with Gasteiger partial charge in [0.15, 0.2) is 0 Å². The average Bonchev–Trinajstić information content (AvgIpc) is 3.21. The topological polar surface area (TPSA) is 125 Å². The van der Waals surface area contributed by atoms with Crippen molar-refractivity contribution in [3.8, 4) is 34.6 Å². The molecule has 0 aliphatic rings. The second kappa shape index (κ2) is 7.88. The summed E-state index contributed by atoms with van der Waals surface area (Å²) in [6.07, 6.45) is 3.35. The van der Waals surface area contributed by atoms with Crippen molar-refractivity contribution in [1.29, 1.82) is 5.26 Å². The van der Waals surface area contributed by atoms with Gasteiger partial charge in [-0.2, -0.15) is 5.26 Å². The zero-order valence-corrected chi connectivity index (χ0v) is 17.0. The molecule has 0 radical (unpaired) electrons. The molecule has 0 bridgehead atoms. The highest BCUT2D eigenvalue weighted by molar-refractivity contribution is 5.80. The predicted molar refractivity (Wildman–Crippen MR) is 114 cm³/mol. The van der Waals surface area contributed by atoms with Crippen molar-refractivity contribution in [2.24, 2.45) is 5.41 Å². The molecule has 0 aliphatic heterocycles. The van der Waals surface area contributed by atoms with Crippen molar-refractivity contribution in [2.45, 2.75) is 13.8 Å². The normalized spacial score (nSPS) is 11.3. The van der Waals surface area contributed by atoms with Crippen molar-refractivity contribution >= 4 is 17.0 Å². The molecule has 4 rings (SSSR count). The number of H-pyrrole nitrogens is 1. The third-order valence-electron chi connectivity index (χ3n) is 4.84. The average molecular weight is 413 g/mol. The number of fused-ring (bicyclic) bond motifs is 1. The molecule has 8 heteroatoms. The molecule has 154 valence electrons. The van der Waals surface area contributed by atoms with Crippen LogP contribution in [0.5, 0.6) is 5.88 Å². The van der Waals surface area contributed by atoms with Crippen LogP contribution in [0.2, 0.25) is 0 Å². The maximum Gasteiger partial charge on any atom is 0.312 e. The summed E-state index contributed by atoms with van der Waals surface area (Å²) < 4.78 is 5.50. The fourth-order valence-electron chi connectivity index (χ4n) is 2.85. The van der Waals surface area contributed by atoms with Crippen LogP contribution in [-0.2, 0) is 4.79 Å². The number of carboxylic acid groups (broad SMARTS) is 1. The molecule has 2 N–H and O–H groups in total. The van der Waals surface area contributed by atoms with Crippen molar-refractivity contribution in [3.63, 3.8) is 0 Å². The molecule has 0 fully saturated rings. The van der Waals surface area contributed by atoms with Gasteiger partial charge in [-0.1, -0.05) is 0 Å². The third kappa shape index (κ3) is 4.21. The number of carbonyl (C=O) groups is 1. The van der Waals surface area contributed by atoms with E-state index in [9.17, 15) is 4.79 Å². The first-order valence-corrected chi connectivity index (χ1v) is 9.55. The molecule has 31 heavy (non-hydrogen) atoms. The van der Waals surface area contributed by atoms with Crippen LogP contribution >= 0.6 is 0 Å². The smallest absolute Gasteiger partial charge is 0.312 e. The van der Waals surface area contributed by atoms with Crippen LogP contribution in [0.1, 0.15) is 19.4 Å². The van der Waals surface area contributed by atoms with Crippen LogP contribution in [0.3, 0.4) is 0 Å². The molecular formula is C23H19N5O3. The molecule has 0 aliphatic carbocycles. The molecule has 0 spiro atoms. The summed E-state index contributed by atoms with van der Waals surface area (Å²) in [5.74, 6) is 0.101. The van der Waals surface area contributed by atoms with E-state index in [1.54, 1.807) is 44.4 Å². The van der Waals surface area contributed by atoms with E-state index in [0.717, 1.165) is 27.9 Å². The Morgan fingerprint density at radius 3 is 2.55 bits per heavy atom. The number of carboxylic acids is 1. The van der Waals surface area contributed by atoms with E-state index in [0.29, 0.717) is 17.3 Å². The van der Waals surface area contributed by atoms with Crippen LogP contribution in [0.25, 0.3) is 33.7 Å². The lowest BCUT2D eigenvalue weighted by atomic mass is 9.95. The maximum absolute atomic E-state index is 11.2. The Morgan fingerprint density at radius 1 is 1.13 bits per heavy atom. The monoisotopic (exact) mass is 413 g/mol. The van der Waals surface area contributed by atoms with Crippen molar-refractivity contribution in [2.75, 3.05) is 6.61 Å². The second-order valence-electron chi connectivity index (χ2n) is 7.72. The van der Waals surface area contributed by atoms with Crippen molar-refractivity contribution in [1.82, 2.24) is 19.9 Å². The van der Waals surface area contributed by atoms with Crippen molar-refractivity contribution in [3.05, 3.63) is 60.4 Å². The number of hydrogen-bond donors (Lipinski definition) is 2. The number of nitriles is 1. The molecule has 4 aromatic rings. The Labute approximate surface area is 178 Å². The van der Waals surface area contributed by atoms with E-state index in [2.05, 4.69) is 26.0 Å². The molecule has 8 nitrogen and oxygen atoms in total. The second-order valence-corrected chi connectivity index (χ2v) is 7.72. The van der Waals surface area contributed by atoms with Gasteiger partial charge in [0.1, 0.15) is 12.4 Å². The number of aromatic amines is 1. The van der Waals surface area contributed by atoms with Gasteiger partial charge in [0.05, 0.1) is 33.8 Å². The first-order chi connectivity index (χ1) is 14.9.